The Morgan fingerprint density at radius 1 is 1.39 bits per heavy atom. The van der Waals surface area contributed by atoms with Gasteiger partial charge in [0.2, 0.25) is 0 Å². The molecule has 0 aromatic heterocycles. The fourth-order valence-corrected chi connectivity index (χ4v) is 2.45. The summed E-state index contributed by atoms with van der Waals surface area (Å²) in [5.41, 5.74) is 0.596. The van der Waals surface area contributed by atoms with Crippen molar-refractivity contribution in [3.8, 4) is 0 Å². The summed E-state index contributed by atoms with van der Waals surface area (Å²) in [7, 11) is 0. The molecular weight excluding hydrogens is 228 g/mol. The summed E-state index contributed by atoms with van der Waals surface area (Å²) in [6.45, 7) is 6.47. The van der Waals surface area contributed by atoms with Crippen LogP contribution in [0.4, 0.5) is 0 Å². The van der Waals surface area contributed by atoms with Gasteiger partial charge in [0.05, 0.1) is 6.61 Å². The van der Waals surface area contributed by atoms with Crippen molar-refractivity contribution in [1.82, 2.24) is 0 Å². The predicted molar refractivity (Wildman–Crippen MR) is 69.1 cm³/mol. The van der Waals surface area contributed by atoms with E-state index in [2.05, 4.69) is 13.8 Å². The highest BCUT2D eigenvalue weighted by Gasteiger charge is 2.62. The number of rotatable bonds is 5. The molecule has 1 aromatic carbocycles. The Balaban J connectivity index is 2.21. The zero-order chi connectivity index (χ0) is 13.2. The average Bonchev–Trinajstić information content (AvgIpc) is 3.05. The number of ether oxygens (including phenoxy) is 2. The third-order valence-corrected chi connectivity index (χ3v) is 3.17. The Morgan fingerprint density at radius 3 is 2.61 bits per heavy atom. The van der Waals surface area contributed by atoms with Gasteiger partial charge in [-0.3, -0.25) is 0 Å². The molecule has 98 valence electrons. The van der Waals surface area contributed by atoms with Crippen LogP contribution >= 0.6 is 0 Å². The van der Waals surface area contributed by atoms with Crippen molar-refractivity contribution >= 4 is 5.97 Å². The lowest BCUT2D eigenvalue weighted by molar-refractivity contribution is -0.144. The maximum Gasteiger partial charge on any atom is 0.338 e. The smallest absolute Gasteiger partial charge is 0.338 e. The second-order valence-corrected chi connectivity index (χ2v) is 5.10. The van der Waals surface area contributed by atoms with Crippen molar-refractivity contribution in [2.45, 2.75) is 38.9 Å². The van der Waals surface area contributed by atoms with Crippen LogP contribution in [0.2, 0.25) is 0 Å². The molecule has 0 spiro atoms. The number of esters is 1. The molecule has 0 amide bonds. The number of hydrogen-bond acceptors (Lipinski definition) is 3. The molecule has 0 radical (unpaired) electrons. The Kier molecular flexibility index (Phi) is 3.71. The minimum absolute atomic E-state index is 0.248. The van der Waals surface area contributed by atoms with Gasteiger partial charge in [-0.25, -0.2) is 4.79 Å². The molecule has 2 rings (SSSR count). The lowest BCUT2D eigenvalue weighted by Gasteiger charge is -2.15. The van der Waals surface area contributed by atoms with E-state index in [9.17, 15) is 4.79 Å². The van der Waals surface area contributed by atoms with Crippen LogP contribution in [0.5, 0.6) is 0 Å². The van der Waals surface area contributed by atoms with Gasteiger partial charge in [0.15, 0.2) is 6.10 Å². The Hall–Kier alpha value is -1.35. The highest BCUT2D eigenvalue weighted by Crippen LogP contribution is 2.51. The van der Waals surface area contributed by atoms with Gasteiger partial charge in [-0.15, -0.1) is 0 Å². The predicted octanol–water partition coefficient (Wildman–Crippen LogP) is 2.89. The van der Waals surface area contributed by atoms with Crippen LogP contribution in [-0.4, -0.2) is 18.7 Å². The topological polar surface area (TPSA) is 38.8 Å². The van der Waals surface area contributed by atoms with Gasteiger partial charge in [0.25, 0.3) is 0 Å². The number of epoxide rings is 1. The van der Waals surface area contributed by atoms with Crippen LogP contribution in [0.3, 0.4) is 0 Å². The molecule has 2 atom stereocenters. The maximum absolute atomic E-state index is 11.8. The monoisotopic (exact) mass is 248 g/mol. The molecule has 1 saturated heterocycles. The van der Waals surface area contributed by atoms with Crippen LogP contribution < -0.4 is 0 Å². The van der Waals surface area contributed by atoms with Gasteiger partial charge in [0.1, 0.15) is 5.60 Å². The van der Waals surface area contributed by atoms with Gasteiger partial charge < -0.3 is 9.47 Å². The third-order valence-electron chi connectivity index (χ3n) is 3.17. The van der Waals surface area contributed by atoms with E-state index in [4.69, 9.17) is 9.47 Å². The molecular formula is C15H20O3. The third kappa shape index (κ3) is 2.41. The largest absolute Gasteiger partial charge is 0.464 e. The first-order chi connectivity index (χ1) is 8.60. The molecule has 1 aliphatic heterocycles. The van der Waals surface area contributed by atoms with Gasteiger partial charge >= 0.3 is 5.97 Å². The molecule has 3 nitrogen and oxygen atoms in total. The minimum atomic E-state index is -0.471. The SMILES string of the molecule is CCOC(=O)C1OC1(CC(C)C)c1ccccc1. The van der Waals surface area contributed by atoms with Crippen molar-refractivity contribution in [2.75, 3.05) is 6.61 Å². The Morgan fingerprint density at radius 2 is 2.06 bits per heavy atom. The van der Waals surface area contributed by atoms with Crippen LogP contribution in [0, 0.1) is 5.92 Å². The Labute approximate surface area is 108 Å². The highest BCUT2D eigenvalue weighted by molar-refractivity contribution is 5.80. The first-order valence-corrected chi connectivity index (χ1v) is 6.50. The zero-order valence-electron chi connectivity index (χ0n) is 11.2. The fourth-order valence-electron chi connectivity index (χ4n) is 2.45. The van der Waals surface area contributed by atoms with Gasteiger partial charge in [0, 0.05) is 0 Å². The lowest BCUT2D eigenvalue weighted by Crippen LogP contribution is -2.23. The molecule has 1 aromatic rings. The molecule has 18 heavy (non-hydrogen) atoms. The molecule has 0 aliphatic carbocycles. The molecule has 0 N–H and O–H groups in total. The van der Waals surface area contributed by atoms with E-state index in [0.717, 1.165) is 12.0 Å². The van der Waals surface area contributed by atoms with Crippen molar-refractivity contribution in [1.29, 1.82) is 0 Å². The number of carbonyl (C=O) groups is 1. The van der Waals surface area contributed by atoms with Crippen LogP contribution in [-0.2, 0) is 19.9 Å². The van der Waals surface area contributed by atoms with E-state index in [1.807, 2.05) is 37.3 Å². The summed E-state index contributed by atoms with van der Waals surface area (Å²) in [4.78, 5) is 11.8. The standard InChI is InChI=1S/C15H20O3/c1-4-17-14(16)13-15(18-13,10-11(2)3)12-8-6-5-7-9-12/h5-9,11,13H,4,10H2,1-3H3. The van der Waals surface area contributed by atoms with E-state index in [1.165, 1.54) is 0 Å². The van der Waals surface area contributed by atoms with E-state index >= 15 is 0 Å². The summed E-state index contributed by atoms with van der Waals surface area (Å²) >= 11 is 0. The molecule has 0 saturated carbocycles. The number of benzene rings is 1. The first-order valence-electron chi connectivity index (χ1n) is 6.50. The highest BCUT2D eigenvalue weighted by atomic mass is 16.7. The second-order valence-electron chi connectivity index (χ2n) is 5.10. The first kappa shape index (κ1) is 13.1. The molecule has 1 heterocycles. The van der Waals surface area contributed by atoms with Crippen molar-refractivity contribution in [2.24, 2.45) is 5.92 Å². The number of carbonyl (C=O) groups excluding carboxylic acids is 1. The summed E-state index contributed by atoms with van der Waals surface area (Å²) in [5, 5.41) is 0. The second kappa shape index (κ2) is 5.11. The summed E-state index contributed by atoms with van der Waals surface area (Å²) in [6, 6.07) is 9.94. The minimum Gasteiger partial charge on any atom is -0.464 e. The number of hydrogen-bond donors (Lipinski definition) is 0. The van der Waals surface area contributed by atoms with Crippen molar-refractivity contribution in [3.63, 3.8) is 0 Å². The van der Waals surface area contributed by atoms with Crippen molar-refractivity contribution in [3.05, 3.63) is 35.9 Å². The maximum atomic E-state index is 11.8. The summed E-state index contributed by atoms with van der Waals surface area (Å²) in [5.74, 6) is 0.214. The molecule has 3 heteroatoms. The van der Waals surface area contributed by atoms with Gasteiger partial charge in [-0.1, -0.05) is 44.2 Å². The lowest BCUT2D eigenvalue weighted by atomic mass is 9.87. The van der Waals surface area contributed by atoms with Gasteiger partial charge in [-0.2, -0.15) is 0 Å². The molecule has 2 unspecified atom stereocenters. The van der Waals surface area contributed by atoms with Crippen LogP contribution in [0.15, 0.2) is 30.3 Å². The quantitative estimate of drug-likeness (QED) is 0.594. The summed E-state index contributed by atoms with van der Waals surface area (Å²) < 4.78 is 10.8. The average molecular weight is 248 g/mol. The van der Waals surface area contributed by atoms with Crippen molar-refractivity contribution < 1.29 is 14.3 Å². The normalized spacial score (nSPS) is 26.1. The van der Waals surface area contributed by atoms with E-state index in [1.54, 1.807) is 0 Å². The van der Waals surface area contributed by atoms with Crippen LogP contribution in [0.1, 0.15) is 32.8 Å². The van der Waals surface area contributed by atoms with E-state index in [-0.39, 0.29) is 5.97 Å². The van der Waals surface area contributed by atoms with E-state index in [0.29, 0.717) is 12.5 Å². The van der Waals surface area contributed by atoms with Crippen LogP contribution in [0.25, 0.3) is 0 Å². The fraction of sp³-hybridized carbons (Fsp3) is 0.533. The van der Waals surface area contributed by atoms with E-state index < -0.39 is 11.7 Å². The summed E-state index contributed by atoms with van der Waals surface area (Å²) in [6.07, 6.45) is 0.391. The molecule has 0 bridgehead atoms. The Bertz CT molecular complexity index is 413. The van der Waals surface area contributed by atoms with Gasteiger partial charge in [-0.05, 0) is 24.8 Å². The molecule has 1 fully saturated rings. The molecule has 1 aliphatic rings. The zero-order valence-corrected chi connectivity index (χ0v) is 11.2.